The molecular weight excluding hydrogens is 492 g/mol. The van der Waals surface area contributed by atoms with Gasteiger partial charge in [-0.3, -0.25) is 9.59 Å². The van der Waals surface area contributed by atoms with Crippen molar-refractivity contribution in [3.05, 3.63) is 70.8 Å². The Morgan fingerprint density at radius 1 is 1.03 bits per heavy atom. The van der Waals surface area contributed by atoms with E-state index in [1.54, 1.807) is 21.0 Å². The zero-order valence-electron chi connectivity index (χ0n) is 22.1. The number of likely N-dealkylation sites (tertiary alicyclic amines) is 1. The molecule has 0 bridgehead atoms. The van der Waals surface area contributed by atoms with E-state index in [9.17, 15) is 23.1 Å². The average Bonchev–Trinajstić information content (AvgIpc) is 3.14. The highest BCUT2D eigenvalue weighted by Gasteiger charge is 2.45. The van der Waals surface area contributed by atoms with Crippen molar-refractivity contribution in [2.45, 2.75) is 51.0 Å². The van der Waals surface area contributed by atoms with Gasteiger partial charge in [0.15, 0.2) is 0 Å². The lowest BCUT2D eigenvalue weighted by atomic mass is 9.93. The number of amides is 1. The standard InChI is InChI=1S/C28H36N2O6S/c1-6-29(7-2)37(34,35)23-15-13-22(14-16-23)26(31)24-25(21-11-9-20(10-12-21)19(3)4)30(17-8-18-36-5)28(33)27(24)32/h9-16,19,25,31H,6-8,17-18H2,1-5H3/t25-/m0/s1. The largest absolute Gasteiger partial charge is 0.507 e. The number of hydrogen-bond acceptors (Lipinski definition) is 6. The summed E-state index contributed by atoms with van der Waals surface area (Å²) in [5.41, 5.74) is 2.07. The highest BCUT2D eigenvalue weighted by atomic mass is 32.2. The normalized spacial score (nSPS) is 17.8. The van der Waals surface area contributed by atoms with E-state index in [1.165, 1.54) is 33.5 Å². The topological polar surface area (TPSA) is 104 Å². The summed E-state index contributed by atoms with van der Waals surface area (Å²) >= 11 is 0. The Balaban J connectivity index is 2.08. The molecule has 200 valence electrons. The number of Topliss-reactive ketones (excluding diaryl/α,β-unsaturated/α-hetero) is 1. The third-order valence-electron chi connectivity index (χ3n) is 6.68. The van der Waals surface area contributed by atoms with Crippen LogP contribution in [0.25, 0.3) is 5.76 Å². The number of hydrogen-bond donors (Lipinski definition) is 1. The molecule has 1 fully saturated rings. The molecule has 0 aromatic heterocycles. The summed E-state index contributed by atoms with van der Waals surface area (Å²) in [7, 11) is -2.10. The molecule has 3 rings (SSSR count). The van der Waals surface area contributed by atoms with Crippen molar-refractivity contribution in [1.29, 1.82) is 0 Å². The molecule has 0 spiro atoms. The van der Waals surface area contributed by atoms with Crippen LogP contribution in [0.1, 0.15) is 62.8 Å². The highest BCUT2D eigenvalue weighted by molar-refractivity contribution is 7.89. The number of aliphatic hydroxyl groups excluding tert-OH is 1. The van der Waals surface area contributed by atoms with Gasteiger partial charge in [0.2, 0.25) is 10.0 Å². The Labute approximate surface area is 219 Å². The summed E-state index contributed by atoms with van der Waals surface area (Å²) in [5, 5.41) is 11.3. The van der Waals surface area contributed by atoms with Gasteiger partial charge >= 0.3 is 0 Å². The average molecular weight is 529 g/mol. The molecule has 1 aliphatic rings. The minimum Gasteiger partial charge on any atom is -0.507 e. The summed E-state index contributed by atoms with van der Waals surface area (Å²) in [6.07, 6.45) is 0.530. The summed E-state index contributed by atoms with van der Waals surface area (Å²) in [6.45, 7) is 9.07. The molecule has 1 amide bonds. The summed E-state index contributed by atoms with van der Waals surface area (Å²) in [5.74, 6) is -1.48. The van der Waals surface area contributed by atoms with Gasteiger partial charge in [-0.1, -0.05) is 52.0 Å². The minimum absolute atomic E-state index is 0.0148. The lowest BCUT2D eigenvalue weighted by Crippen LogP contribution is -2.31. The van der Waals surface area contributed by atoms with Gasteiger partial charge in [-0.25, -0.2) is 8.42 Å². The fourth-order valence-corrected chi connectivity index (χ4v) is 6.01. The number of sulfonamides is 1. The van der Waals surface area contributed by atoms with Gasteiger partial charge in [-0.05, 0) is 47.7 Å². The Kier molecular flexibility index (Phi) is 9.28. The number of aliphatic hydroxyl groups is 1. The lowest BCUT2D eigenvalue weighted by Gasteiger charge is -2.25. The molecule has 1 aliphatic heterocycles. The molecule has 0 unspecified atom stereocenters. The quantitative estimate of drug-likeness (QED) is 0.202. The summed E-state index contributed by atoms with van der Waals surface area (Å²) in [6, 6.07) is 12.6. The predicted octanol–water partition coefficient (Wildman–Crippen LogP) is 4.30. The maximum Gasteiger partial charge on any atom is 0.295 e. The second-order valence-electron chi connectivity index (χ2n) is 9.27. The fraction of sp³-hybridized carbons (Fsp3) is 0.429. The van der Waals surface area contributed by atoms with Crippen molar-refractivity contribution >= 4 is 27.5 Å². The van der Waals surface area contributed by atoms with Gasteiger partial charge in [-0.2, -0.15) is 4.31 Å². The minimum atomic E-state index is -3.67. The Hall–Kier alpha value is -3.01. The van der Waals surface area contributed by atoms with E-state index in [1.807, 2.05) is 24.3 Å². The maximum absolute atomic E-state index is 13.2. The van der Waals surface area contributed by atoms with Crippen molar-refractivity contribution in [2.75, 3.05) is 33.4 Å². The molecule has 1 saturated heterocycles. The molecule has 1 N–H and O–H groups in total. The van der Waals surface area contributed by atoms with E-state index >= 15 is 0 Å². The third kappa shape index (κ3) is 5.79. The Bertz CT molecular complexity index is 1250. The predicted molar refractivity (Wildman–Crippen MR) is 143 cm³/mol. The zero-order chi connectivity index (χ0) is 27.3. The fourth-order valence-electron chi connectivity index (χ4n) is 4.55. The molecule has 1 heterocycles. The molecule has 0 aliphatic carbocycles. The number of carbonyl (C=O) groups excluding carboxylic acids is 2. The number of benzene rings is 2. The van der Waals surface area contributed by atoms with E-state index in [2.05, 4.69) is 13.8 Å². The Morgan fingerprint density at radius 2 is 1.62 bits per heavy atom. The summed E-state index contributed by atoms with van der Waals surface area (Å²) in [4.78, 5) is 27.8. The van der Waals surface area contributed by atoms with Crippen molar-refractivity contribution in [3.8, 4) is 0 Å². The molecule has 2 aromatic rings. The first-order valence-electron chi connectivity index (χ1n) is 12.6. The molecular formula is C28H36N2O6S. The molecule has 37 heavy (non-hydrogen) atoms. The van der Waals surface area contributed by atoms with Crippen LogP contribution in [0.3, 0.4) is 0 Å². The molecule has 0 radical (unpaired) electrons. The summed E-state index contributed by atoms with van der Waals surface area (Å²) < 4.78 is 32.2. The maximum atomic E-state index is 13.2. The van der Waals surface area contributed by atoms with Gasteiger partial charge in [0.25, 0.3) is 11.7 Å². The zero-order valence-corrected chi connectivity index (χ0v) is 22.9. The SMILES string of the molecule is CCN(CC)S(=O)(=O)c1ccc(C(O)=C2C(=O)C(=O)N(CCCOC)[C@H]2c2ccc(C(C)C)cc2)cc1. The van der Waals surface area contributed by atoms with E-state index in [0.717, 1.165) is 5.56 Å². The van der Waals surface area contributed by atoms with Gasteiger partial charge in [0, 0.05) is 38.9 Å². The van der Waals surface area contributed by atoms with E-state index in [4.69, 9.17) is 4.74 Å². The van der Waals surface area contributed by atoms with Crippen molar-refractivity contribution in [3.63, 3.8) is 0 Å². The third-order valence-corrected chi connectivity index (χ3v) is 8.74. The molecule has 9 heteroatoms. The van der Waals surface area contributed by atoms with Crippen LogP contribution in [0, 0.1) is 0 Å². The van der Waals surface area contributed by atoms with E-state index in [-0.39, 0.29) is 28.3 Å². The van der Waals surface area contributed by atoms with Gasteiger partial charge < -0.3 is 14.7 Å². The van der Waals surface area contributed by atoms with Crippen LogP contribution in [0.4, 0.5) is 0 Å². The smallest absolute Gasteiger partial charge is 0.295 e. The molecule has 8 nitrogen and oxygen atoms in total. The Morgan fingerprint density at radius 3 is 2.14 bits per heavy atom. The van der Waals surface area contributed by atoms with Crippen LogP contribution in [0.15, 0.2) is 59.0 Å². The number of methoxy groups -OCH3 is 1. The first-order chi connectivity index (χ1) is 17.6. The van der Waals surface area contributed by atoms with Gasteiger partial charge in [0.1, 0.15) is 5.76 Å². The first-order valence-corrected chi connectivity index (χ1v) is 14.0. The monoisotopic (exact) mass is 528 g/mol. The second-order valence-corrected chi connectivity index (χ2v) is 11.2. The van der Waals surface area contributed by atoms with E-state index < -0.39 is 27.8 Å². The second kappa shape index (κ2) is 12.0. The van der Waals surface area contributed by atoms with Crippen molar-refractivity contribution in [1.82, 2.24) is 9.21 Å². The highest BCUT2D eigenvalue weighted by Crippen LogP contribution is 2.40. The number of nitrogens with zero attached hydrogens (tertiary/aromatic N) is 2. The van der Waals surface area contributed by atoms with Crippen LogP contribution in [0.5, 0.6) is 0 Å². The van der Waals surface area contributed by atoms with E-state index in [0.29, 0.717) is 37.6 Å². The lowest BCUT2D eigenvalue weighted by molar-refractivity contribution is -0.140. The number of ether oxygens (including phenoxy) is 1. The first kappa shape index (κ1) is 28.6. The van der Waals surface area contributed by atoms with Crippen LogP contribution < -0.4 is 0 Å². The van der Waals surface area contributed by atoms with Crippen LogP contribution in [0.2, 0.25) is 0 Å². The molecule has 0 saturated carbocycles. The van der Waals surface area contributed by atoms with Crippen LogP contribution in [-0.4, -0.2) is 67.8 Å². The van der Waals surface area contributed by atoms with Crippen molar-refractivity contribution in [2.24, 2.45) is 0 Å². The van der Waals surface area contributed by atoms with Crippen LogP contribution >= 0.6 is 0 Å². The number of ketones is 1. The molecule has 2 aromatic carbocycles. The van der Waals surface area contributed by atoms with Gasteiger partial charge in [0.05, 0.1) is 16.5 Å². The molecule has 1 atom stereocenters. The van der Waals surface area contributed by atoms with Crippen LogP contribution in [-0.2, 0) is 24.3 Å². The van der Waals surface area contributed by atoms with Crippen molar-refractivity contribution < 1.29 is 27.9 Å². The van der Waals surface area contributed by atoms with Gasteiger partial charge in [-0.15, -0.1) is 0 Å². The number of carbonyl (C=O) groups is 2. The number of rotatable bonds is 11.